The maximum absolute atomic E-state index is 4.78. The van der Waals surface area contributed by atoms with Crippen LogP contribution in [0.2, 0.25) is 0 Å². The van der Waals surface area contributed by atoms with Gasteiger partial charge in [-0.2, -0.15) is 0 Å². The quantitative estimate of drug-likeness (QED) is 0.829. The fraction of sp³-hybridized carbons (Fsp3) is 0.533. The highest BCUT2D eigenvalue weighted by atomic mass is 32.2. The molecule has 0 atom stereocenters. The maximum atomic E-state index is 4.78. The van der Waals surface area contributed by atoms with Crippen LogP contribution in [-0.4, -0.2) is 26.1 Å². The monoisotopic (exact) mass is 303 g/mol. The third kappa shape index (κ3) is 3.20. The van der Waals surface area contributed by atoms with Gasteiger partial charge in [0.05, 0.1) is 0 Å². The lowest BCUT2D eigenvalue weighted by Crippen LogP contribution is -2.08. The Morgan fingerprint density at radius 2 is 2.19 bits per heavy atom. The molecule has 1 saturated carbocycles. The van der Waals surface area contributed by atoms with Crippen molar-refractivity contribution in [3.8, 4) is 0 Å². The number of nitrogens with one attached hydrogen (secondary N) is 1. The zero-order valence-electron chi connectivity index (χ0n) is 12.8. The largest absolute Gasteiger partial charge is 0.370 e. The van der Waals surface area contributed by atoms with Gasteiger partial charge in [0.2, 0.25) is 0 Å². The SMILES string of the molecule is CCCNc1nc(C2CC2)nc(Sc2nccn2C)c1C. The standard InChI is InChI=1S/C15H21N5S/c1-4-7-16-12-10(2)14(19-13(18-12)11-5-6-11)21-15-17-8-9-20(15)3/h8-9,11H,4-7H2,1-3H3,(H,16,18,19). The predicted molar refractivity (Wildman–Crippen MR) is 84.9 cm³/mol. The number of hydrogen-bond donors (Lipinski definition) is 1. The third-order valence-electron chi connectivity index (χ3n) is 3.57. The zero-order chi connectivity index (χ0) is 14.8. The molecule has 0 saturated heterocycles. The Hall–Kier alpha value is -1.56. The van der Waals surface area contributed by atoms with E-state index in [4.69, 9.17) is 9.97 Å². The molecule has 21 heavy (non-hydrogen) atoms. The van der Waals surface area contributed by atoms with E-state index in [2.05, 4.69) is 24.1 Å². The summed E-state index contributed by atoms with van der Waals surface area (Å²) >= 11 is 1.62. The number of aromatic nitrogens is 4. The zero-order valence-corrected chi connectivity index (χ0v) is 13.6. The second-order valence-electron chi connectivity index (χ2n) is 5.48. The predicted octanol–water partition coefficient (Wildman–Crippen LogP) is 3.37. The molecule has 3 rings (SSSR count). The molecule has 0 bridgehead atoms. The Morgan fingerprint density at radius 1 is 1.38 bits per heavy atom. The Morgan fingerprint density at radius 3 is 2.81 bits per heavy atom. The molecule has 2 heterocycles. The molecule has 0 aliphatic heterocycles. The average Bonchev–Trinajstić information content (AvgIpc) is 3.25. The van der Waals surface area contributed by atoms with Crippen LogP contribution in [-0.2, 0) is 7.05 Å². The van der Waals surface area contributed by atoms with Gasteiger partial charge in [0.25, 0.3) is 0 Å². The molecule has 2 aromatic rings. The lowest BCUT2D eigenvalue weighted by Gasteiger charge is -2.13. The summed E-state index contributed by atoms with van der Waals surface area (Å²) in [7, 11) is 2.00. The number of anilines is 1. The van der Waals surface area contributed by atoms with Gasteiger partial charge >= 0.3 is 0 Å². The van der Waals surface area contributed by atoms with Crippen molar-refractivity contribution in [3.63, 3.8) is 0 Å². The number of rotatable bonds is 6. The van der Waals surface area contributed by atoms with E-state index in [1.165, 1.54) is 12.8 Å². The molecule has 0 amide bonds. The van der Waals surface area contributed by atoms with Crippen molar-refractivity contribution in [2.75, 3.05) is 11.9 Å². The van der Waals surface area contributed by atoms with E-state index in [1.807, 2.05) is 24.0 Å². The summed E-state index contributed by atoms with van der Waals surface area (Å²) in [5, 5.41) is 5.40. The lowest BCUT2D eigenvalue weighted by molar-refractivity contribution is 0.784. The van der Waals surface area contributed by atoms with Crippen LogP contribution < -0.4 is 5.32 Å². The maximum Gasteiger partial charge on any atom is 0.174 e. The Kier molecular flexibility index (Phi) is 4.14. The van der Waals surface area contributed by atoms with Gasteiger partial charge in [-0.1, -0.05) is 6.92 Å². The van der Waals surface area contributed by atoms with E-state index in [-0.39, 0.29) is 0 Å². The third-order valence-corrected chi connectivity index (χ3v) is 4.74. The fourth-order valence-electron chi connectivity index (χ4n) is 2.09. The second-order valence-corrected chi connectivity index (χ2v) is 6.44. The van der Waals surface area contributed by atoms with Crippen molar-refractivity contribution < 1.29 is 0 Å². The van der Waals surface area contributed by atoms with Gasteiger partial charge in [-0.05, 0) is 37.9 Å². The first-order valence-electron chi connectivity index (χ1n) is 7.46. The average molecular weight is 303 g/mol. The van der Waals surface area contributed by atoms with Crippen LogP contribution in [0.15, 0.2) is 22.6 Å². The summed E-state index contributed by atoms with van der Waals surface area (Å²) in [6, 6.07) is 0. The first-order chi connectivity index (χ1) is 10.2. The van der Waals surface area contributed by atoms with Crippen LogP contribution in [0.1, 0.15) is 43.5 Å². The highest BCUT2D eigenvalue weighted by molar-refractivity contribution is 7.99. The first-order valence-corrected chi connectivity index (χ1v) is 8.28. The Bertz CT molecular complexity index is 633. The molecule has 112 valence electrons. The van der Waals surface area contributed by atoms with Crippen LogP contribution in [0.5, 0.6) is 0 Å². The minimum Gasteiger partial charge on any atom is -0.370 e. The van der Waals surface area contributed by atoms with Gasteiger partial charge < -0.3 is 9.88 Å². The van der Waals surface area contributed by atoms with E-state index in [1.54, 1.807) is 11.8 Å². The first kappa shape index (κ1) is 14.4. The highest BCUT2D eigenvalue weighted by Gasteiger charge is 2.28. The minimum absolute atomic E-state index is 0.550. The molecule has 0 spiro atoms. The fourth-order valence-corrected chi connectivity index (χ4v) is 2.97. The van der Waals surface area contributed by atoms with Gasteiger partial charge in [0.15, 0.2) is 5.16 Å². The molecule has 1 fully saturated rings. The van der Waals surface area contributed by atoms with E-state index < -0.39 is 0 Å². The van der Waals surface area contributed by atoms with Crippen molar-refractivity contribution in [1.29, 1.82) is 0 Å². The van der Waals surface area contributed by atoms with Crippen LogP contribution in [0.3, 0.4) is 0 Å². The molecule has 6 heteroatoms. The van der Waals surface area contributed by atoms with Crippen molar-refractivity contribution in [3.05, 3.63) is 23.8 Å². The lowest BCUT2D eigenvalue weighted by atomic mass is 10.3. The smallest absolute Gasteiger partial charge is 0.174 e. The molecule has 1 N–H and O–H groups in total. The van der Waals surface area contributed by atoms with Gasteiger partial charge in [0.1, 0.15) is 16.7 Å². The molecule has 0 radical (unpaired) electrons. The van der Waals surface area contributed by atoms with Crippen molar-refractivity contribution in [2.24, 2.45) is 7.05 Å². The van der Waals surface area contributed by atoms with E-state index in [0.29, 0.717) is 5.92 Å². The van der Waals surface area contributed by atoms with Gasteiger partial charge in [-0.25, -0.2) is 15.0 Å². The molecule has 5 nitrogen and oxygen atoms in total. The topological polar surface area (TPSA) is 55.6 Å². The van der Waals surface area contributed by atoms with Crippen LogP contribution in [0, 0.1) is 6.92 Å². The summed E-state index contributed by atoms with van der Waals surface area (Å²) in [4.78, 5) is 13.9. The summed E-state index contributed by atoms with van der Waals surface area (Å²) in [6.45, 7) is 5.18. The number of aryl methyl sites for hydroxylation is 1. The number of imidazole rings is 1. The Labute approximate surface area is 129 Å². The molecule has 0 unspecified atom stereocenters. The molecule has 1 aliphatic rings. The molecular formula is C15H21N5S. The highest BCUT2D eigenvalue weighted by Crippen LogP contribution is 2.40. The number of hydrogen-bond acceptors (Lipinski definition) is 5. The van der Waals surface area contributed by atoms with Crippen molar-refractivity contribution in [2.45, 2.75) is 49.2 Å². The Balaban J connectivity index is 1.93. The van der Waals surface area contributed by atoms with Crippen LogP contribution in [0.4, 0.5) is 5.82 Å². The van der Waals surface area contributed by atoms with E-state index >= 15 is 0 Å². The van der Waals surface area contributed by atoms with Crippen molar-refractivity contribution >= 4 is 17.6 Å². The molecular weight excluding hydrogens is 282 g/mol. The normalized spacial score (nSPS) is 14.4. The van der Waals surface area contributed by atoms with Gasteiger partial charge in [-0.15, -0.1) is 0 Å². The van der Waals surface area contributed by atoms with Crippen LogP contribution >= 0.6 is 11.8 Å². The van der Waals surface area contributed by atoms with E-state index in [0.717, 1.165) is 40.4 Å². The minimum atomic E-state index is 0.550. The van der Waals surface area contributed by atoms with Gasteiger partial charge in [0, 0.05) is 37.5 Å². The van der Waals surface area contributed by atoms with Crippen molar-refractivity contribution in [1.82, 2.24) is 19.5 Å². The summed E-state index contributed by atoms with van der Waals surface area (Å²) in [6.07, 6.45) is 7.28. The molecule has 1 aliphatic carbocycles. The van der Waals surface area contributed by atoms with E-state index in [9.17, 15) is 0 Å². The van der Waals surface area contributed by atoms with Crippen LogP contribution in [0.25, 0.3) is 0 Å². The summed E-state index contributed by atoms with van der Waals surface area (Å²) in [5.41, 5.74) is 1.11. The summed E-state index contributed by atoms with van der Waals surface area (Å²) in [5.74, 6) is 2.51. The number of nitrogens with zero attached hydrogens (tertiary/aromatic N) is 4. The molecule has 0 aromatic carbocycles. The molecule has 2 aromatic heterocycles. The summed E-state index contributed by atoms with van der Waals surface area (Å²) < 4.78 is 2.02. The van der Waals surface area contributed by atoms with Gasteiger partial charge in [-0.3, -0.25) is 0 Å². The second kappa shape index (κ2) is 6.05.